The van der Waals surface area contributed by atoms with Crippen molar-refractivity contribution in [2.24, 2.45) is 4.99 Å². The lowest BCUT2D eigenvalue weighted by Gasteiger charge is -2.05. The Morgan fingerprint density at radius 2 is 1.91 bits per heavy atom. The van der Waals surface area contributed by atoms with E-state index in [0.717, 1.165) is 31.4 Å². The van der Waals surface area contributed by atoms with E-state index in [9.17, 15) is 15.3 Å². The fourth-order valence-corrected chi connectivity index (χ4v) is 2.14. The summed E-state index contributed by atoms with van der Waals surface area (Å²) in [7, 11) is 1.77. The molecular formula is C15H20N4O3. The highest BCUT2D eigenvalue weighted by atomic mass is 16.3. The molecule has 2 aromatic rings. The number of aryl methyl sites for hydroxylation is 1. The van der Waals surface area contributed by atoms with Crippen LogP contribution in [0.1, 0.15) is 30.5 Å². The van der Waals surface area contributed by atoms with E-state index in [1.54, 1.807) is 11.7 Å². The van der Waals surface area contributed by atoms with Crippen molar-refractivity contribution in [2.45, 2.75) is 32.2 Å². The predicted molar refractivity (Wildman–Crippen MR) is 82.5 cm³/mol. The molecule has 22 heavy (non-hydrogen) atoms. The van der Waals surface area contributed by atoms with Gasteiger partial charge in [-0.2, -0.15) is 0 Å². The molecule has 3 N–H and O–H groups in total. The highest BCUT2D eigenvalue weighted by Crippen LogP contribution is 2.35. The van der Waals surface area contributed by atoms with E-state index in [4.69, 9.17) is 0 Å². The van der Waals surface area contributed by atoms with Crippen LogP contribution in [-0.2, 0) is 13.0 Å². The lowest BCUT2D eigenvalue weighted by molar-refractivity contribution is 0.366. The van der Waals surface area contributed by atoms with Gasteiger partial charge in [0, 0.05) is 13.2 Å². The number of aliphatic imine (C=N–C) groups is 1. The zero-order valence-electron chi connectivity index (χ0n) is 12.5. The molecule has 0 saturated heterocycles. The van der Waals surface area contributed by atoms with Crippen LogP contribution in [0.4, 0.5) is 0 Å². The Balaban J connectivity index is 1.92. The molecule has 0 radical (unpaired) electrons. The molecule has 0 spiro atoms. The average Bonchev–Trinajstić information content (AvgIpc) is 2.92. The minimum Gasteiger partial charge on any atom is -0.504 e. The third-order valence-electron chi connectivity index (χ3n) is 3.26. The van der Waals surface area contributed by atoms with Gasteiger partial charge < -0.3 is 20.3 Å². The van der Waals surface area contributed by atoms with Crippen molar-refractivity contribution in [2.75, 3.05) is 7.05 Å². The van der Waals surface area contributed by atoms with Crippen LogP contribution in [0.15, 0.2) is 23.3 Å². The highest BCUT2D eigenvalue weighted by Gasteiger charge is 2.09. The molecule has 1 aromatic heterocycles. The van der Waals surface area contributed by atoms with Gasteiger partial charge in [-0.1, -0.05) is 5.21 Å². The molecule has 0 atom stereocenters. The van der Waals surface area contributed by atoms with E-state index in [-0.39, 0.29) is 11.5 Å². The summed E-state index contributed by atoms with van der Waals surface area (Å²) < 4.78 is 1.63. The minimum absolute atomic E-state index is 0.354. The van der Waals surface area contributed by atoms with Crippen LogP contribution < -0.4 is 0 Å². The van der Waals surface area contributed by atoms with Gasteiger partial charge in [0.05, 0.1) is 12.2 Å². The second kappa shape index (κ2) is 7.44. The molecule has 0 fully saturated rings. The van der Waals surface area contributed by atoms with Crippen LogP contribution >= 0.6 is 0 Å². The number of unbranched alkanes of at least 4 members (excludes halogenated alkanes) is 2. The third-order valence-corrected chi connectivity index (χ3v) is 3.26. The Morgan fingerprint density at radius 3 is 2.59 bits per heavy atom. The maximum absolute atomic E-state index is 9.49. The molecular weight excluding hydrogens is 284 g/mol. The molecule has 0 aliphatic rings. The van der Waals surface area contributed by atoms with Crippen LogP contribution in [0.5, 0.6) is 17.2 Å². The molecule has 0 aliphatic carbocycles. The topological polar surface area (TPSA) is 104 Å². The Kier molecular flexibility index (Phi) is 5.35. The number of nitrogens with zero attached hydrogens (tertiary/aromatic N) is 4. The summed E-state index contributed by atoms with van der Waals surface area (Å²) >= 11 is 0. The van der Waals surface area contributed by atoms with Crippen LogP contribution in [0.2, 0.25) is 0 Å². The van der Waals surface area contributed by atoms with Gasteiger partial charge >= 0.3 is 0 Å². The van der Waals surface area contributed by atoms with Gasteiger partial charge in [0.1, 0.15) is 0 Å². The molecule has 1 heterocycles. The summed E-state index contributed by atoms with van der Waals surface area (Å²) in [5.74, 6) is -1.22. The molecule has 118 valence electrons. The Labute approximate surface area is 128 Å². The standard InChI is InChI=1S/C15H20N4O3/c1-16-6-4-2-3-5-12-10-19(18-17-12)9-11-7-13(20)15(22)14(21)8-11/h6-8,10,20-22H,2-5,9H2,1H3/b16-6-. The van der Waals surface area contributed by atoms with Crippen molar-refractivity contribution in [1.82, 2.24) is 15.0 Å². The summed E-state index contributed by atoms with van der Waals surface area (Å²) in [6, 6.07) is 2.78. The summed E-state index contributed by atoms with van der Waals surface area (Å²) in [4.78, 5) is 3.94. The minimum atomic E-state index is -0.515. The molecule has 0 unspecified atom stereocenters. The van der Waals surface area contributed by atoms with Crippen molar-refractivity contribution in [3.05, 3.63) is 29.6 Å². The Morgan fingerprint density at radius 1 is 1.18 bits per heavy atom. The molecule has 7 heteroatoms. The molecule has 2 rings (SSSR count). The van der Waals surface area contributed by atoms with E-state index < -0.39 is 5.75 Å². The summed E-state index contributed by atoms with van der Waals surface area (Å²) in [6.07, 6.45) is 7.64. The first-order valence-electron chi connectivity index (χ1n) is 7.13. The number of phenolic OH excluding ortho intramolecular Hbond substituents is 3. The summed E-state index contributed by atoms with van der Waals surface area (Å²) in [5, 5.41) is 36.4. The maximum Gasteiger partial charge on any atom is 0.200 e. The zero-order chi connectivity index (χ0) is 15.9. The lowest BCUT2D eigenvalue weighted by Crippen LogP contribution is -2.00. The van der Waals surface area contributed by atoms with E-state index in [1.165, 1.54) is 12.1 Å². The van der Waals surface area contributed by atoms with E-state index in [1.807, 2.05) is 12.4 Å². The van der Waals surface area contributed by atoms with Crippen LogP contribution in [-0.4, -0.2) is 43.6 Å². The Bertz CT molecular complexity index is 629. The van der Waals surface area contributed by atoms with Crippen molar-refractivity contribution >= 4 is 6.21 Å². The fraction of sp³-hybridized carbons (Fsp3) is 0.400. The van der Waals surface area contributed by atoms with Gasteiger partial charge in [0.15, 0.2) is 17.2 Å². The van der Waals surface area contributed by atoms with Gasteiger partial charge in [-0.05, 0) is 49.6 Å². The predicted octanol–water partition coefficient (Wildman–Crippen LogP) is 1.86. The molecule has 1 aromatic carbocycles. The first-order chi connectivity index (χ1) is 10.6. The number of hydrogen-bond acceptors (Lipinski definition) is 6. The molecule has 0 amide bonds. The lowest BCUT2D eigenvalue weighted by atomic mass is 10.1. The van der Waals surface area contributed by atoms with Crippen molar-refractivity contribution in [1.29, 1.82) is 0 Å². The second-order valence-corrected chi connectivity index (χ2v) is 5.08. The largest absolute Gasteiger partial charge is 0.504 e. The highest BCUT2D eigenvalue weighted by molar-refractivity contribution is 5.56. The molecule has 7 nitrogen and oxygen atoms in total. The summed E-state index contributed by atoms with van der Waals surface area (Å²) in [5.41, 5.74) is 1.53. The third kappa shape index (κ3) is 4.21. The quantitative estimate of drug-likeness (QED) is 0.411. The summed E-state index contributed by atoms with van der Waals surface area (Å²) in [6.45, 7) is 0.358. The number of aromatic nitrogens is 3. The van der Waals surface area contributed by atoms with Crippen LogP contribution in [0.3, 0.4) is 0 Å². The SMILES string of the molecule is C/N=C\CCCCc1cn(Cc2cc(O)c(O)c(O)c2)nn1. The maximum atomic E-state index is 9.49. The number of rotatable bonds is 7. The van der Waals surface area contributed by atoms with Crippen molar-refractivity contribution in [3.8, 4) is 17.2 Å². The first-order valence-corrected chi connectivity index (χ1v) is 7.13. The molecule has 0 saturated carbocycles. The fourth-order valence-electron chi connectivity index (χ4n) is 2.14. The van der Waals surface area contributed by atoms with Gasteiger partial charge in [-0.3, -0.25) is 0 Å². The van der Waals surface area contributed by atoms with Crippen LogP contribution in [0, 0.1) is 0 Å². The van der Waals surface area contributed by atoms with Crippen molar-refractivity contribution < 1.29 is 15.3 Å². The molecule has 0 bridgehead atoms. The normalized spacial score (nSPS) is 11.3. The van der Waals surface area contributed by atoms with E-state index in [2.05, 4.69) is 15.3 Å². The van der Waals surface area contributed by atoms with Crippen molar-refractivity contribution in [3.63, 3.8) is 0 Å². The van der Waals surface area contributed by atoms with Gasteiger partial charge in [-0.25, -0.2) is 4.68 Å². The van der Waals surface area contributed by atoms with Gasteiger partial charge in [-0.15, -0.1) is 5.10 Å². The number of aromatic hydroxyl groups is 3. The average molecular weight is 304 g/mol. The van der Waals surface area contributed by atoms with Gasteiger partial charge in [0.2, 0.25) is 0 Å². The van der Waals surface area contributed by atoms with E-state index >= 15 is 0 Å². The smallest absolute Gasteiger partial charge is 0.200 e. The monoisotopic (exact) mass is 304 g/mol. The van der Waals surface area contributed by atoms with E-state index in [0.29, 0.717) is 12.1 Å². The second-order valence-electron chi connectivity index (χ2n) is 5.08. The molecule has 0 aliphatic heterocycles. The number of hydrogen-bond donors (Lipinski definition) is 3. The van der Waals surface area contributed by atoms with Crippen LogP contribution in [0.25, 0.3) is 0 Å². The first kappa shape index (κ1) is 15.8. The van der Waals surface area contributed by atoms with Gasteiger partial charge in [0.25, 0.3) is 0 Å². The zero-order valence-corrected chi connectivity index (χ0v) is 12.5. The number of phenols is 3. The Hall–Kier alpha value is -2.57. The number of benzene rings is 1.